The summed E-state index contributed by atoms with van der Waals surface area (Å²) in [5, 5.41) is 4.40. The molecule has 2 nitrogen and oxygen atoms in total. The van der Waals surface area contributed by atoms with Crippen molar-refractivity contribution in [1.29, 1.82) is 0 Å². The SMILES string of the molecule is C[C@@H](N)[C@H]1CCCN(Cc2ccsc2)C1. The monoisotopic (exact) mass is 224 g/mol. The Labute approximate surface area is 96.1 Å². The zero-order chi connectivity index (χ0) is 10.7. The van der Waals surface area contributed by atoms with Crippen LogP contribution >= 0.6 is 11.3 Å². The van der Waals surface area contributed by atoms with Crippen LogP contribution in [0.4, 0.5) is 0 Å². The lowest BCUT2D eigenvalue weighted by atomic mass is 9.92. The highest BCUT2D eigenvalue weighted by Gasteiger charge is 2.22. The number of rotatable bonds is 3. The van der Waals surface area contributed by atoms with Crippen molar-refractivity contribution < 1.29 is 0 Å². The van der Waals surface area contributed by atoms with Crippen molar-refractivity contribution in [2.75, 3.05) is 13.1 Å². The summed E-state index contributed by atoms with van der Waals surface area (Å²) in [7, 11) is 0. The third-order valence-electron chi connectivity index (χ3n) is 3.27. The second-order valence-electron chi connectivity index (χ2n) is 4.63. The molecule has 0 aromatic carbocycles. The molecular formula is C12H20N2S. The number of thiophene rings is 1. The van der Waals surface area contributed by atoms with Crippen LogP contribution in [0.15, 0.2) is 16.8 Å². The molecule has 0 saturated carbocycles. The minimum absolute atomic E-state index is 0.343. The molecule has 3 heteroatoms. The van der Waals surface area contributed by atoms with E-state index in [4.69, 9.17) is 5.73 Å². The fraction of sp³-hybridized carbons (Fsp3) is 0.667. The number of nitrogens with zero attached hydrogens (tertiary/aromatic N) is 1. The topological polar surface area (TPSA) is 29.3 Å². The van der Waals surface area contributed by atoms with Crippen LogP contribution in [0.1, 0.15) is 25.3 Å². The van der Waals surface area contributed by atoms with Crippen LogP contribution in [0.25, 0.3) is 0 Å². The normalized spacial score (nSPS) is 25.3. The summed E-state index contributed by atoms with van der Waals surface area (Å²) in [5.41, 5.74) is 7.43. The first kappa shape index (κ1) is 11.1. The number of hydrogen-bond acceptors (Lipinski definition) is 3. The van der Waals surface area contributed by atoms with E-state index >= 15 is 0 Å². The maximum atomic E-state index is 5.98. The Bertz CT molecular complexity index is 282. The van der Waals surface area contributed by atoms with Gasteiger partial charge in [0, 0.05) is 19.1 Å². The van der Waals surface area contributed by atoms with E-state index < -0.39 is 0 Å². The zero-order valence-corrected chi connectivity index (χ0v) is 10.2. The second kappa shape index (κ2) is 5.10. The van der Waals surface area contributed by atoms with Crippen LogP contribution in [0.3, 0.4) is 0 Å². The average Bonchev–Trinajstić information content (AvgIpc) is 2.71. The van der Waals surface area contributed by atoms with Gasteiger partial charge in [-0.1, -0.05) is 0 Å². The van der Waals surface area contributed by atoms with Gasteiger partial charge in [0.15, 0.2) is 0 Å². The molecule has 1 aliphatic rings. The van der Waals surface area contributed by atoms with E-state index in [0.29, 0.717) is 12.0 Å². The molecule has 1 aromatic heterocycles. The van der Waals surface area contributed by atoms with Crippen molar-refractivity contribution in [3.63, 3.8) is 0 Å². The molecule has 1 aromatic rings. The van der Waals surface area contributed by atoms with Gasteiger partial charge in [-0.3, -0.25) is 4.90 Å². The Morgan fingerprint density at radius 2 is 2.53 bits per heavy atom. The van der Waals surface area contributed by atoms with Gasteiger partial charge in [-0.2, -0.15) is 11.3 Å². The third-order valence-corrected chi connectivity index (χ3v) is 4.00. The van der Waals surface area contributed by atoms with Crippen LogP contribution in [0.5, 0.6) is 0 Å². The largest absolute Gasteiger partial charge is 0.328 e. The molecule has 15 heavy (non-hydrogen) atoms. The predicted octanol–water partition coefficient (Wildman–Crippen LogP) is 2.31. The van der Waals surface area contributed by atoms with Crippen molar-refractivity contribution in [2.24, 2.45) is 11.7 Å². The number of piperidine rings is 1. The third kappa shape index (κ3) is 3.03. The van der Waals surface area contributed by atoms with Crippen molar-refractivity contribution in [3.8, 4) is 0 Å². The standard InChI is InChI=1S/C12H20N2S/c1-10(13)12-3-2-5-14(8-12)7-11-4-6-15-9-11/h4,6,9-10,12H,2-3,5,7-8,13H2,1H3/t10-,12+/m1/s1. The second-order valence-corrected chi connectivity index (χ2v) is 5.41. The highest BCUT2D eigenvalue weighted by atomic mass is 32.1. The van der Waals surface area contributed by atoms with Crippen LogP contribution < -0.4 is 5.73 Å². The minimum Gasteiger partial charge on any atom is -0.328 e. The summed E-state index contributed by atoms with van der Waals surface area (Å²) >= 11 is 1.78. The Morgan fingerprint density at radius 3 is 3.20 bits per heavy atom. The lowest BCUT2D eigenvalue weighted by molar-refractivity contribution is 0.154. The molecule has 2 rings (SSSR count). The molecule has 0 radical (unpaired) electrons. The molecule has 1 saturated heterocycles. The quantitative estimate of drug-likeness (QED) is 0.853. The van der Waals surface area contributed by atoms with Crippen molar-refractivity contribution in [3.05, 3.63) is 22.4 Å². The highest BCUT2D eigenvalue weighted by molar-refractivity contribution is 7.07. The first-order chi connectivity index (χ1) is 7.25. The van der Waals surface area contributed by atoms with Gasteiger partial charge < -0.3 is 5.73 Å². The van der Waals surface area contributed by atoms with Crippen LogP contribution in [0.2, 0.25) is 0 Å². The fourth-order valence-corrected chi connectivity index (χ4v) is 2.96. The highest BCUT2D eigenvalue weighted by Crippen LogP contribution is 2.21. The van der Waals surface area contributed by atoms with Gasteiger partial charge in [-0.15, -0.1) is 0 Å². The predicted molar refractivity (Wildman–Crippen MR) is 66.0 cm³/mol. The summed E-state index contributed by atoms with van der Waals surface area (Å²) < 4.78 is 0. The van der Waals surface area contributed by atoms with Gasteiger partial charge in [0.05, 0.1) is 0 Å². The lowest BCUT2D eigenvalue weighted by Gasteiger charge is -2.34. The van der Waals surface area contributed by atoms with E-state index in [2.05, 4.69) is 28.7 Å². The van der Waals surface area contributed by atoms with Gasteiger partial charge in [0.25, 0.3) is 0 Å². The summed E-state index contributed by atoms with van der Waals surface area (Å²) in [6, 6.07) is 2.57. The van der Waals surface area contributed by atoms with Gasteiger partial charge in [0.1, 0.15) is 0 Å². The van der Waals surface area contributed by atoms with E-state index in [9.17, 15) is 0 Å². The molecule has 2 atom stereocenters. The summed E-state index contributed by atoms with van der Waals surface area (Å²) in [6.45, 7) is 5.65. The number of likely N-dealkylation sites (tertiary alicyclic amines) is 1. The van der Waals surface area contributed by atoms with Crippen LogP contribution in [-0.4, -0.2) is 24.0 Å². The van der Waals surface area contributed by atoms with Gasteiger partial charge >= 0.3 is 0 Å². The average molecular weight is 224 g/mol. The van der Waals surface area contributed by atoms with Gasteiger partial charge in [-0.05, 0) is 54.6 Å². The molecule has 2 heterocycles. The Balaban J connectivity index is 1.88. The summed E-state index contributed by atoms with van der Waals surface area (Å²) in [6.07, 6.45) is 2.61. The molecular weight excluding hydrogens is 204 g/mol. The molecule has 84 valence electrons. The first-order valence-corrected chi connectivity index (χ1v) is 6.69. The maximum absolute atomic E-state index is 5.98. The van der Waals surface area contributed by atoms with Crippen molar-refractivity contribution in [2.45, 2.75) is 32.4 Å². The summed E-state index contributed by atoms with van der Waals surface area (Å²) in [5.74, 6) is 0.692. The van der Waals surface area contributed by atoms with Crippen molar-refractivity contribution in [1.82, 2.24) is 4.90 Å². The first-order valence-electron chi connectivity index (χ1n) is 5.74. The zero-order valence-electron chi connectivity index (χ0n) is 9.36. The Kier molecular flexibility index (Phi) is 3.78. The number of nitrogens with two attached hydrogens (primary N) is 1. The lowest BCUT2D eigenvalue weighted by Crippen LogP contribution is -2.41. The van der Waals surface area contributed by atoms with Crippen LogP contribution in [-0.2, 0) is 6.54 Å². The van der Waals surface area contributed by atoms with Crippen LogP contribution in [0, 0.1) is 5.92 Å². The molecule has 0 spiro atoms. The molecule has 1 aliphatic heterocycles. The molecule has 0 amide bonds. The molecule has 0 bridgehead atoms. The fourth-order valence-electron chi connectivity index (χ4n) is 2.30. The Morgan fingerprint density at radius 1 is 1.67 bits per heavy atom. The Hall–Kier alpha value is -0.380. The molecule has 0 aliphatic carbocycles. The van der Waals surface area contributed by atoms with Crippen molar-refractivity contribution >= 4 is 11.3 Å². The smallest absolute Gasteiger partial charge is 0.0242 e. The number of hydrogen-bond donors (Lipinski definition) is 1. The van der Waals surface area contributed by atoms with E-state index in [1.54, 1.807) is 11.3 Å². The molecule has 1 fully saturated rings. The van der Waals surface area contributed by atoms with Gasteiger partial charge in [-0.25, -0.2) is 0 Å². The van der Waals surface area contributed by atoms with Gasteiger partial charge in [0.2, 0.25) is 0 Å². The summed E-state index contributed by atoms with van der Waals surface area (Å²) in [4.78, 5) is 2.54. The van der Waals surface area contributed by atoms with E-state index in [0.717, 1.165) is 6.54 Å². The molecule has 0 unspecified atom stereocenters. The minimum atomic E-state index is 0.343. The van der Waals surface area contributed by atoms with E-state index in [1.807, 2.05) is 0 Å². The molecule has 2 N–H and O–H groups in total. The van der Waals surface area contributed by atoms with E-state index in [1.165, 1.54) is 31.5 Å². The van der Waals surface area contributed by atoms with E-state index in [-0.39, 0.29) is 0 Å². The maximum Gasteiger partial charge on any atom is 0.0242 e.